The molecule has 0 aliphatic carbocycles. The highest BCUT2D eigenvalue weighted by Gasteiger charge is 2.08. The number of aryl methyl sites for hydroxylation is 1. The fourth-order valence-electron chi connectivity index (χ4n) is 1.63. The molecule has 0 heterocycles. The predicted octanol–water partition coefficient (Wildman–Crippen LogP) is 2.45. The van der Waals surface area contributed by atoms with E-state index < -0.39 is 0 Å². The van der Waals surface area contributed by atoms with Crippen molar-refractivity contribution in [3.8, 4) is 0 Å². The molecule has 0 aromatic heterocycles. The minimum atomic E-state index is 0.0155. The number of thioether (sulfide) groups is 1. The minimum Gasteiger partial charge on any atom is -0.351 e. The van der Waals surface area contributed by atoms with E-state index >= 15 is 0 Å². The molecule has 0 saturated heterocycles. The van der Waals surface area contributed by atoms with Gasteiger partial charge in [0, 0.05) is 23.5 Å². The quantitative estimate of drug-likeness (QED) is 0.588. The Morgan fingerprint density at radius 1 is 1.28 bits per heavy atom. The number of hydrogen-bond donors (Lipinski definition) is 2. The number of benzene rings is 1. The number of rotatable bonds is 7. The summed E-state index contributed by atoms with van der Waals surface area (Å²) in [6, 6.07) is 5.99. The Kier molecular flexibility index (Phi) is 6.83. The monoisotopic (exact) mass is 266 g/mol. The van der Waals surface area contributed by atoms with Crippen LogP contribution in [0.15, 0.2) is 23.1 Å². The summed E-state index contributed by atoms with van der Waals surface area (Å²) in [5.41, 5.74) is 1.80. The first-order valence-electron chi connectivity index (χ1n) is 6.32. The van der Waals surface area contributed by atoms with Gasteiger partial charge in [-0.1, -0.05) is 13.0 Å². The van der Waals surface area contributed by atoms with E-state index in [1.807, 2.05) is 31.4 Å². The van der Waals surface area contributed by atoms with Crippen LogP contribution in [-0.2, 0) is 0 Å². The van der Waals surface area contributed by atoms with Gasteiger partial charge >= 0.3 is 0 Å². The zero-order chi connectivity index (χ0) is 13.4. The third kappa shape index (κ3) is 4.70. The Morgan fingerprint density at radius 3 is 2.72 bits per heavy atom. The molecule has 4 heteroatoms. The highest BCUT2D eigenvalue weighted by molar-refractivity contribution is 7.98. The summed E-state index contributed by atoms with van der Waals surface area (Å²) in [7, 11) is 0. The van der Waals surface area contributed by atoms with E-state index in [-0.39, 0.29) is 5.91 Å². The van der Waals surface area contributed by atoms with E-state index in [1.54, 1.807) is 11.8 Å². The second kappa shape index (κ2) is 8.16. The van der Waals surface area contributed by atoms with Gasteiger partial charge in [-0.05, 0) is 43.8 Å². The molecule has 0 saturated carbocycles. The molecular weight excluding hydrogens is 244 g/mol. The first-order chi connectivity index (χ1) is 8.69. The van der Waals surface area contributed by atoms with Gasteiger partial charge in [0.05, 0.1) is 0 Å². The Hall–Kier alpha value is -1.00. The van der Waals surface area contributed by atoms with E-state index in [9.17, 15) is 4.79 Å². The standard InChI is InChI=1S/C14H22N2OS/c1-4-7-15-8-9-16-14(17)13-10-12(18-3)6-5-11(13)2/h5-6,10,15H,4,7-9H2,1-3H3,(H,16,17). The Balaban J connectivity index is 2.50. The zero-order valence-corrected chi connectivity index (χ0v) is 12.2. The smallest absolute Gasteiger partial charge is 0.251 e. The maximum Gasteiger partial charge on any atom is 0.251 e. The maximum atomic E-state index is 12.0. The summed E-state index contributed by atoms with van der Waals surface area (Å²) in [6.45, 7) is 6.58. The molecule has 100 valence electrons. The summed E-state index contributed by atoms with van der Waals surface area (Å²) in [6.07, 6.45) is 3.13. The Labute approximate surface area is 114 Å². The normalized spacial score (nSPS) is 10.4. The third-order valence-corrected chi connectivity index (χ3v) is 3.43. The van der Waals surface area contributed by atoms with Crippen molar-refractivity contribution >= 4 is 17.7 Å². The van der Waals surface area contributed by atoms with Crippen LogP contribution in [0.5, 0.6) is 0 Å². The van der Waals surface area contributed by atoms with Gasteiger partial charge in [0.15, 0.2) is 0 Å². The van der Waals surface area contributed by atoms with E-state index in [0.29, 0.717) is 6.54 Å². The van der Waals surface area contributed by atoms with Crippen LogP contribution in [0, 0.1) is 6.92 Å². The van der Waals surface area contributed by atoms with Crippen molar-refractivity contribution in [1.29, 1.82) is 0 Å². The van der Waals surface area contributed by atoms with Gasteiger partial charge in [0.2, 0.25) is 0 Å². The lowest BCUT2D eigenvalue weighted by Crippen LogP contribution is -2.32. The zero-order valence-electron chi connectivity index (χ0n) is 11.4. The molecule has 1 aromatic rings. The lowest BCUT2D eigenvalue weighted by Gasteiger charge is -2.09. The number of carbonyl (C=O) groups is 1. The average molecular weight is 266 g/mol. The van der Waals surface area contributed by atoms with Gasteiger partial charge in [-0.2, -0.15) is 0 Å². The SMILES string of the molecule is CCCNCCNC(=O)c1cc(SC)ccc1C. The first-order valence-corrected chi connectivity index (χ1v) is 7.55. The molecule has 2 N–H and O–H groups in total. The third-order valence-electron chi connectivity index (χ3n) is 2.70. The molecule has 0 spiro atoms. The van der Waals surface area contributed by atoms with Crippen LogP contribution in [0.25, 0.3) is 0 Å². The second-order valence-electron chi connectivity index (χ2n) is 4.19. The fraction of sp³-hybridized carbons (Fsp3) is 0.500. The summed E-state index contributed by atoms with van der Waals surface area (Å²) >= 11 is 1.65. The largest absolute Gasteiger partial charge is 0.351 e. The van der Waals surface area contributed by atoms with Crippen molar-refractivity contribution in [3.63, 3.8) is 0 Å². The molecule has 0 radical (unpaired) electrons. The second-order valence-corrected chi connectivity index (χ2v) is 5.07. The van der Waals surface area contributed by atoms with E-state index in [1.165, 1.54) is 0 Å². The minimum absolute atomic E-state index is 0.0155. The highest BCUT2D eigenvalue weighted by Crippen LogP contribution is 2.18. The van der Waals surface area contributed by atoms with Gasteiger partial charge in [-0.25, -0.2) is 0 Å². The molecule has 0 bridgehead atoms. The fourth-order valence-corrected chi connectivity index (χ4v) is 2.07. The molecule has 1 amide bonds. The summed E-state index contributed by atoms with van der Waals surface area (Å²) in [4.78, 5) is 13.1. The first kappa shape index (κ1) is 15.1. The molecule has 0 fully saturated rings. The van der Waals surface area contributed by atoms with Gasteiger partial charge in [0.25, 0.3) is 5.91 Å². The van der Waals surface area contributed by atoms with Crippen LogP contribution < -0.4 is 10.6 Å². The molecular formula is C14H22N2OS. The van der Waals surface area contributed by atoms with E-state index in [2.05, 4.69) is 17.6 Å². The molecule has 0 atom stereocenters. The number of amides is 1. The molecule has 0 aliphatic rings. The van der Waals surface area contributed by atoms with Crippen molar-refractivity contribution in [1.82, 2.24) is 10.6 Å². The average Bonchev–Trinajstić information content (AvgIpc) is 2.39. The van der Waals surface area contributed by atoms with Crippen molar-refractivity contribution in [3.05, 3.63) is 29.3 Å². The molecule has 3 nitrogen and oxygen atoms in total. The van der Waals surface area contributed by atoms with Crippen LogP contribution in [0.3, 0.4) is 0 Å². The van der Waals surface area contributed by atoms with Gasteiger partial charge < -0.3 is 10.6 Å². The molecule has 1 rings (SSSR count). The predicted molar refractivity (Wildman–Crippen MR) is 78.5 cm³/mol. The topological polar surface area (TPSA) is 41.1 Å². The van der Waals surface area contributed by atoms with Crippen LogP contribution >= 0.6 is 11.8 Å². The summed E-state index contributed by atoms with van der Waals surface area (Å²) < 4.78 is 0. The highest BCUT2D eigenvalue weighted by atomic mass is 32.2. The Morgan fingerprint density at radius 2 is 2.06 bits per heavy atom. The summed E-state index contributed by atoms with van der Waals surface area (Å²) in [5, 5.41) is 6.20. The molecule has 0 aliphatic heterocycles. The van der Waals surface area contributed by atoms with Gasteiger partial charge in [-0.15, -0.1) is 11.8 Å². The molecule has 0 unspecified atom stereocenters. The van der Waals surface area contributed by atoms with E-state index in [4.69, 9.17) is 0 Å². The van der Waals surface area contributed by atoms with E-state index in [0.717, 1.165) is 35.5 Å². The van der Waals surface area contributed by atoms with Crippen LogP contribution in [0.4, 0.5) is 0 Å². The number of carbonyl (C=O) groups excluding carboxylic acids is 1. The lowest BCUT2D eigenvalue weighted by atomic mass is 10.1. The van der Waals surface area contributed by atoms with Crippen molar-refractivity contribution in [2.75, 3.05) is 25.9 Å². The summed E-state index contributed by atoms with van der Waals surface area (Å²) in [5.74, 6) is 0.0155. The maximum absolute atomic E-state index is 12.0. The lowest BCUT2D eigenvalue weighted by molar-refractivity contribution is 0.0953. The number of hydrogen-bond acceptors (Lipinski definition) is 3. The van der Waals surface area contributed by atoms with Crippen molar-refractivity contribution in [2.24, 2.45) is 0 Å². The van der Waals surface area contributed by atoms with Crippen LogP contribution in [0.2, 0.25) is 0 Å². The Bertz CT molecular complexity index is 393. The van der Waals surface area contributed by atoms with Gasteiger partial charge in [-0.3, -0.25) is 4.79 Å². The van der Waals surface area contributed by atoms with Gasteiger partial charge in [0.1, 0.15) is 0 Å². The molecule has 1 aromatic carbocycles. The van der Waals surface area contributed by atoms with Crippen LogP contribution in [0.1, 0.15) is 29.3 Å². The molecule has 18 heavy (non-hydrogen) atoms. The van der Waals surface area contributed by atoms with Crippen molar-refractivity contribution < 1.29 is 4.79 Å². The number of nitrogens with one attached hydrogen (secondary N) is 2. The van der Waals surface area contributed by atoms with Crippen LogP contribution in [-0.4, -0.2) is 31.8 Å². The van der Waals surface area contributed by atoms with Crippen molar-refractivity contribution in [2.45, 2.75) is 25.2 Å².